The first kappa shape index (κ1) is 23.6. The molecule has 1 atom stereocenters. The van der Waals surface area contributed by atoms with Crippen molar-refractivity contribution in [3.8, 4) is 0 Å². The number of benzene rings is 2. The smallest absolute Gasteiger partial charge is 0.412 e. The number of thioether (sulfide) groups is 1. The third kappa shape index (κ3) is 6.70. The van der Waals surface area contributed by atoms with Crippen LogP contribution in [0.15, 0.2) is 57.2 Å². The van der Waals surface area contributed by atoms with Crippen LogP contribution in [0.5, 0.6) is 0 Å². The SMILES string of the molecule is CCCCSC(=Nc1cc(S(=O)c2ccc(C(C)=O)cc2)ccc1N)NC(=O)OC. The second-order valence-corrected chi connectivity index (χ2v) is 8.87. The molecule has 2 aromatic carbocycles. The predicted octanol–water partition coefficient (Wildman–Crippen LogP) is 4.51. The molecule has 1 unspecified atom stereocenters. The first-order valence-electron chi connectivity index (χ1n) is 9.34. The number of Topliss-reactive ketones (excluding diaryl/α,β-unsaturated/α-hetero) is 1. The van der Waals surface area contributed by atoms with E-state index in [0.29, 0.717) is 31.9 Å². The van der Waals surface area contributed by atoms with Gasteiger partial charge < -0.3 is 10.5 Å². The lowest BCUT2D eigenvalue weighted by Gasteiger charge is -2.10. The molecular formula is C21H25N3O4S2. The third-order valence-corrected chi connectivity index (χ3v) is 6.39. The van der Waals surface area contributed by atoms with Crippen molar-refractivity contribution in [2.24, 2.45) is 4.99 Å². The van der Waals surface area contributed by atoms with Gasteiger partial charge in [0.2, 0.25) is 0 Å². The Morgan fingerprint density at radius 2 is 1.83 bits per heavy atom. The summed E-state index contributed by atoms with van der Waals surface area (Å²) in [7, 11) is -0.199. The van der Waals surface area contributed by atoms with Gasteiger partial charge in [0.15, 0.2) is 11.0 Å². The summed E-state index contributed by atoms with van der Waals surface area (Å²) >= 11 is 1.38. The molecule has 7 nitrogen and oxygen atoms in total. The average molecular weight is 448 g/mol. The number of unbranched alkanes of at least 4 members (excludes halogenated alkanes) is 1. The van der Waals surface area contributed by atoms with E-state index in [0.717, 1.165) is 18.6 Å². The number of nitrogens with one attached hydrogen (secondary N) is 1. The van der Waals surface area contributed by atoms with Gasteiger partial charge in [-0.05, 0) is 43.7 Å². The number of nitrogens with zero attached hydrogens (tertiary/aromatic N) is 1. The molecule has 0 fully saturated rings. The van der Waals surface area contributed by atoms with Gasteiger partial charge in [-0.1, -0.05) is 37.2 Å². The van der Waals surface area contributed by atoms with E-state index in [-0.39, 0.29) is 5.78 Å². The van der Waals surface area contributed by atoms with Crippen molar-refractivity contribution >= 4 is 51.0 Å². The lowest BCUT2D eigenvalue weighted by Crippen LogP contribution is -2.28. The lowest BCUT2D eigenvalue weighted by atomic mass is 10.2. The third-order valence-electron chi connectivity index (χ3n) is 4.04. The van der Waals surface area contributed by atoms with Gasteiger partial charge in [0.05, 0.1) is 29.3 Å². The highest BCUT2D eigenvalue weighted by Gasteiger charge is 2.12. The molecule has 0 aliphatic heterocycles. The fraction of sp³-hybridized carbons (Fsp3) is 0.286. The molecule has 9 heteroatoms. The largest absolute Gasteiger partial charge is 0.453 e. The van der Waals surface area contributed by atoms with Crippen LogP contribution in [-0.2, 0) is 15.5 Å². The van der Waals surface area contributed by atoms with Crippen molar-refractivity contribution in [3.63, 3.8) is 0 Å². The van der Waals surface area contributed by atoms with Crippen LogP contribution in [0.1, 0.15) is 37.0 Å². The monoisotopic (exact) mass is 447 g/mol. The summed E-state index contributed by atoms with van der Waals surface area (Å²) in [5, 5.41) is 2.94. The molecule has 0 spiro atoms. The van der Waals surface area contributed by atoms with Gasteiger partial charge in [-0.15, -0.1) is 0 Å². The zero-order valence-electron chi connectivity index (χ0n) is 17.1. The number of aliphatic imine (C=N–C) groups is 1. The molecule has 0 aliphatic rings. The predicted molar refractivity (Wildman–Crippen MR) is 122 cm³/mol. The van der Waals surface area contributed by atoms with Crippen molar-refractivity contribution in [1.29, 1.82) is 0 Å². The van der Waals surface area contributed by atoms with Crippen LogP contribution in [0.2, 0.25) is 0 Å². The Morgan fingerprint density at radius 3 is 2.43 bits per heavy atom. The number of hydrogen-bond acceptors (Lipinski definition) is 7. The van der Waals surface area contributed by atoms with E-state index in [1.807, 2.05) is 0 Å². The highest BCUT2D eigenvalue weighted by molar-refractivity contribution is 8.13. The lowest BCUT2D eigenvalue weighted by molar-refractivity contribution is 0.101. The number of alkyl carbamates (subject to hydrolysis) is 1. The van der Waals surface area contributed by atoms with Crippen LogP contribution in [0, 0.1) is 0 Å². The van der Waals surface area contributed by atoms with Crippen LogP contribution in [0.25, 0.3) is 0 Å². The van der Waals surface area contributed by atoms with Crippen molar-refractivity contribution in [2.45, 2.75) is 36.5 Å². The number of nitrogens with two attached hydrogens (primary N) is 1. The van der Waals surface area contributed by atoms with Crippen LogP contribution in [-0.4, -0.2) is 34.1 Å². The first-order valence-corrected chi connectivity index (χ1v) is 11.5. The molecule has 0 aliphatic carbocycles. The Balaban J connectivity index is 2.32. The number of rotatable bonds is 7. The number of ketones is 1. The average Bonchev–Trinajstić information content (AvgIpc) is 2.74. The second-order valence-electron chi connectivity index (χ2n) is 6.31. The maximum Gasteiger partial charge on any atom is 0.412 e. The fourth-order valence-corrected chi connectivity index (χ4v) is 4.35. The molecule has 160 valence electrons. The summed E-state index contributed by atoms with van der Waals surface area (Å²) in [5.74, 6) is 0.718. The number of carbonyl (C=O) groups is 2. The number of amides is 1. The summed E-state index contributed by atoms with van der Waals surface area (Å²) in [6.45, 7) is 3.56. The summed E-state index contributed by atoms with van der Waals surface area (Å²) in [4.78, 5) is 28.6. The van der Waals surface area contributed by atoms with E-state index in [9.17, 15) is 13.8 Å². The molecule has 1 amide bonds. The summed E-state index contributed by atoms with van der Waals surface area (Å²) < 4.78 is 17.6. The quantitative estimate of drug-likeness (QED) is 0.212. The van der Waals surface area contributed by atoms with Gasteiger partial charge in [-0.25, -0.2) is 14.0 Å². The zero-order valence-corrected chi connectivity index (χ0v) is 18.8. The standard InChI is InChI=1S/C21H25N3O4S2/c1-4-5-12-29-20(24-21(26)28-3)23-19-13-17(10-11-18(19)22)30(27)16-8-6-15(7-9-16)14(2)25/h6-11,13H,4-5,12,22H2,1-3H3,(H,23,24,26). The van der Waals surface area contributed by atoms with Crippen molar-refractivity contribution < 1.29 is 18.5 Å². The Hall–Kier alpha value is -2.65. The minimum absolute atomic E-state index is 0.0531. The van der Waals surface area contributed by atoms with Crippen LogP contribution in [0.3, 0.4) is 0 Å². The van der Waals surface area contributed by atoms with E-state index in [1.54, 1.807) is 42.5 Å². The van der Waals surface area contributed by atoms with E-state index < -0.39 is 16.9 Å². The first-order chi connectivity index (χ1) is 14.3. The summed E-state index contributed by atoms with van der Waals surface area (Å²) in [6.07, 6.45) is 1.35. The van der Waals surface area contributed by atoms with Gasteiger partial charge in [0, 0.05) is 21.1 Å². The molecular weight excluding hydrogens is 422 g/mol. The number of ether oxygens (including phenoxy) is 1. The Morgan fingerprint density at radius 1 is 1.17 bits per heavy atom. The van der Waals surface area contributed by atoms with Crippen molar-refractivity contribution in [2.75, 3.05) is 18.6 Å². The van der Waals surface area contributed by atoms with Gasteiger partial charge in [0.25, 0.3) is 0 Å². The number of carbonyl (C=O) groups excluding carboxylic acids is 2. The molecule has 2 rings (SSSR count). The number of methoxy groups -OCH3 is 1. The highest BCUT2D eigenvalue weighted by Crippen LogP contribution is 2.28. The summed E-state index contributed by atoms with van der Waals surface area (Å²) in [5.41, 5.74) is 7.40. The number of hydrogen-bond donors (Lipinski definition) is 2. The minimum Gasteiger partial charge on any atom is -0.453 e. The molecule has 30 heavy (non-hydrogen) atoms. The fourth-order valence-electron chi connectivity index (χ4n) is 2.34. The molecule has 0 radical (unpaired) electrons. The Bertz CT molecular complexity index is 959. The van der Waals surface area contributed by atoms with E-state index in [4.69, 9.17) is 5.73 Å². The maximum atomic E-state index is 13.0. The number of amidine groups is 1. The normalized spacial score (nSPS) is 12.3. The Labute approximate surface area is 182 Å². The highest BCUT2D eigenvalue weighted by atomic mass is 32.2. The molecule has 0 saturated carbocycles. The van der Waals surface area contributed by atoms with Gasteiger partial charge in [-0.2, -0.15) is 0 Å². The molecule has 0 saturated heterocycles. The topological polar surface area (TPSA) is 111 Å². The van der Waals surface area contributed by atoms with Crippen LogP contribution in [0.4, 0.5) is 16.2 Å². The van der Waals surface area contributed by atoms with Crippen LogP contribution < -0.4 is 11.1 Å². The summed E-state index contributed by atoms with van der Waals surface area (Å²) in [6, 6.07) is 11.5. The molecule has 0 aromatic heterocycles. The van der Waals surface area contributed by atoms with Crippen LogP contribution >= 0.6 is 11.8 Å². The zero-order chi connectivity index (χ0) is 22.1. The van der Waals surface area contributed by atoms with Gasteiger partial charge in [0.1, 0.15) is 0 Å². The molecule has 2 aromatic rings. The van der Waals surface area contributed by atoms with E-state index in [1.165, 1.54) is 25.8 Å². The van der Waals surface area contributed by atoms with E-state index >= 15 is 0 Å². The van der Waals surface area contributed by atoms with E-state index in [2.05, 4.69) is 22.0 Å². The van der Waals surface area contributed by atoms with Gasteiger partial charge in [-0.3, -0.25) is 10.1 Å². The molecule has 3 N–H and O–H groups in total. The molecule has 0 heterocycles. The van der Waals surface area contributed by atoms with Gasteiger partial charge >= 0.3 is 6.09 Å². The minimum atomic E-state index is -1.48. The Kier molecular flexibility index (Phi) is 9.07. The van der Waals surface area contributed by atoms with Crippen molar-refractivity contribution in [3.05, 3.63) is 48.0 Å². The maximum absolute atomic E-state index is 13.0. The molecule has 0 bridgehead atoms. The number of anilines is 1. The number of nitrogen functional groups attached to an aromatic ring is 1. The second kappa shape index (κ2) is 11.5. The van der Waals surface area contributed by atoms with Crippen molar-refractivity contribution in [1.82, 2.24) is 5.32 Å².